The van der Waals surface area contributed by atoms with Gasteiger partial charge in [0.05, 0.1) is 12.3 Å². The molecule has 0 saturated carbocycles. The van der Waals surface area contributed by atoms with E-state index in [-0.39, 0.29) is 5.75 Å². The summed E-state index contributed by atoms with van der Waals surface area (Å²) in [5, 5.41) is 38.1. The summed E-state index contributed by atoms with van der Waals surface area (Å²) in [7, 11) is 0. The van der Waals surface area contributed by atoms with Gasteiger partial charge in [0.1, 0.15) is 30.2 Å². The Morgan fingerprint density at radius 2 is 1.79 bits per heavy atom. The topological polar surface area (TPSA) is 125 Å². The highest BCUT2D eigenvalue weighted by molar-refractivity contribution is 5.51. The van der Waals surface area contributed by atoms with Crippen molar-refractivity contribution >= 4 is 5.69 Å². The first-order valence-electron chi connectivity index (χ1n) is 5.86. The van der Waals surface area contributed by atoms with Gasteiger partial charge in [-0.2, -0.15) is 0 Å². The van der Waals surface area contributed by atoms with E-state index in [1.54, 1.807) is 24.3 Å². The minimum Gasteiger partial charge on any atom is -0.460 e. The molecule has 0 radical (unpaired) electrons. The average molecular weight is 271 g/mol. The first-order valence-corrected chi connectivity index (χ1v) is 5.86. The fourth-order valence-electron chi connectivity index (χ4n) is 1.88. The third kappa shape index (κ3) is 2.80. The van der Waals surface area contributed by atoms with Crippen LogP contribution < -0.4 is 10.5 Å². The molecule has 0 amide bonds. The number of aliphatic hydroxyl groups excluding tert-OH is 4. The number of aliphatic hydroxyl groups is 4. The van der Waals surface area contributed by atoms with Crippen molar-refractivity contribution in [2.24, 2.45) is 0 Å². The summed E-state index contributed by atoms with van der Waals surface area (Å²) in [5.41, 5.74) is 6.04. The highest BCUT2D eigenvalue weighted by Gasteiger charge is 2.44. The minimum atomic E-state index is -1.47. The Balaban J connectivity index is 2.13. The Morgan fingerprint density at radius 1 is 1.11 bits per heavy atom. The molecule has 1 aliphatic rings. The molecule has 19 heavy (non-hydrogen) atoms. The normalized spacial score (nSPS) is 35.1. The Hall–Kier alpha value is -1.38. The van der Waals surface area contributed by atoms with Crippen LogP contribution >= 0.6 is 0 Å². The van der Waals surface area contributed by atoms with Gasteiger partial charge in [0, 0.05) is 0 Å². The lowest BCUT2D eigenvalue weighted by Gasteiger charge is -2.39. The number of hydrogen-bond donors (Lipinski definition) is 5. The van der Waals surface area contributed by atoms with E-state index in [2.05, 4.69) is 0 Å². The van der Waals surface area contributed by atoms with Crippen molar-refractivity contribution in [2.75, 3.05) is 12.3 Å². The number of nitrogen functional groups attached to an aromatic ring is 1. The molecule has 5 atom stereocenters. The fourth-order valence-corrected chi connectivity index (χ4v) is 1.88. The third-order valence-electron chi connectivity index (χ3n) is 3.01. The van der Waals surface area contributed by atoms with Gasteiger partial charge in [-0.1, -0.05) is 12.1 Å². The Labute approximate surface area is 109 Å². The van der Waals surface area contributed by atoms with Gasteiger partial charge in [0.2, 0.25) is 6.29 Å². The van der Waals surface area contributed by atoms with Crippen LogP contribution in [0.2, 0.25) is 0 Å². The van der Waals surface area contributed by atoms with E-state index in [0.717, 1.165) is 0 Å². The third-order valence-corrected chi connectivity index (χ3v) is 3.01. The summed E-state index contributed by atoms with van der Waals surface area (Å²) < 4.78 is 10.6. The SMILES string of the molecule is Nc1ccccc1O[C@H]1O[C@H](CO)[C@@H](O)[C@H](O)[C@@H]1O. The summed E-state index contributed by atoms with van der Waals surface area (Å²) in [6, 6.07) is 6.60. The number of ether oxygens (including phenoxy) is 2. The standard InChI is InChI=1S/C12H17NO6/c13-6-3-1-2-4-7(6)18-12-11(17)10(16)9(15)8(5-14)19-12/h1-4,8-12,14-17H,5,13H2/t8-,9-,10+,11+,12+/m1/s1. The summed E-state index contributed by atoms with van der Waals surface area (Å²) in [4.78, 5) is 0. The summed E-state index contributed by atoms with van der Waals surface area (Å²) >= 11 is 0. The van der Waals surface area contributed by atoms with E-state index in [0.29, 0.717) is 5.69 Å². The van der Waals surface area contributed by atoms with Gasteiger partial charge < -0.3 is 35.6 Å². The Kier molecular flexibility index (Phi) is 4.23. The van der Waals surface area contributed by atoms with Crippen molar-refractivity contribution in [1.29, 1.82) is 0 Å². The lowest BCUT2D eigenvalue weighted by atomic mass is 9.99. The number of benzene rings is 1. The Bertz CT molecular complexity index is 426. The zero-order valence-corrected chi connectivity index (χ0v) is 10.1. The highest BCUT2D eigenvalue weighted by Crippen LogP contribution is 2.27. The summed E-state index contributed by atoms with van der Waals surface area (Å²) in [6.07, 6.45) is -6.56. The molecule has 0 aliphatic carbocycles. The van der Waals surface area contributed by atoms with Gasteiger partial charge in [-0.3, -0.25) is 0 Å². The van der Waals surface area contributed by atoms with E-state index in [1.165, 1.54) is 0 Å². The van der Waals surface area contributed by atoms with Crippen LogP contribution in [0.15, 0.2) is 24.3 Å². The molecular weight excluding hydrogens is 254 g/mol. The van der Waals surface area contributed by atoms with Crippen LogP contribution in [0.3, 0.4) is 0 Å². The monoisotopic (exact) mass is 271 g/mol. The first kappa shape index (κ1) is 14.0. The number of hydrogen-bond acceptors (Lipinski definition) is 7. The van der Waals surface area contributed by atoms with Crippen LogP contribution in [0.25, 0.3) is 0 Å². The molecule has 1 aromatic carbocycles. The van der Waals surface area contributed by atoms with Crippen LogP contribution in [0.5, 0.6) is 5.75 Å². The zero-order chi connectivity index (χ0) is 14.0. The molecule has 0 unspecified atom stereocenters. The van der Waals surface area contributed by atoms with Crippen LogP contribution in [0, 0.1) is 0 Å². The fraction of sp³-hybridized carbons (Fsp3) is 0.500. The van der Waals surface area contributed by atoms with Crippen LogP contribution in [0.1, 0.15) is 0 Å². The first-order chi connectivity index (χ1) is 9.04. The van der Waals surface area contributed by atoms with Crippen LogP contribution in [0.4, 0.5) is 5.69 Å². The van der Waals surface area contributed by atoms with Crippen molar-refractivity contribution < 1.29 is 29.9 Å². The molecule has 7 nitrogen and oxygen atoms in total. The zero-order valence-electron chi connectivity index (χ0n) is 10.1. The van der Waals surface area contributed by atoms with Crippen molar-refractivity contribution in [3.8, 4) is 5.75 Å². The molecule has 1 heterocycles. The smallest absolute Gasteiger partial charge is 0.229 e. The second-order valence-electron chi connectivity index (χ2n) is 4.35. The summed E-state index contributed by atoms with van der Waals surface area (Å²) in [5.74, 6) is 0.284. The highest BCUT2D eigenvalue weighted by atomic mass is 16.7. The molecule has 106 valence electrons. The van der Waals surface area contributed by atoms with Gasteiger partial charge in [-0.15, -0.1) is 0 Å². The van der Waals surface area contributed by atoms with E-state index >= 15 is 0 Å². The number of nitrogens with two attached hydrogens (primary N) is 1. The lowest BCUT2D eigenvalue weighted by Crippen LogP contribution is -2.60. The molecule has 7 heteroatoms. The molecule has 6 N–H and O–H groups in total. The van der Waals surface area contributed by atoms with E-state index < -0.39 is 37.3 Å². The average Bonchev–Trinajstić information content (AvgIpc) is 2.41. The quantitative estimate of drug-likeness (QED) is 0.421. The van der Waals surface area contributed by atoms with Crippen molar-refractivity contribution in [2.45, 2.75) is 30.7 Å². The van der Waals surface area contributed by atoms with Crippen LogP contribution in [-0.4, -0.2) is 57.7 Å². The minimum absolute atomic E-state index is 0.284. The number of anilines is 1. The predicted molar refractivity (Wildman–Crippen MR) is 65.2 cm³/mol. The maximum Gasteiger partial charge on any atom is 0.229 e. The predicted octanol–water partition coefficient (Wildman–Crippen LogP) is -1.55. The molecule has 0 aromatic heterocycles. The van der Waals surface area contributed by atoms with Gasteiger partial charge in [0.15, 0.2) is 0 Å². The van der Waals surface area contributed by atoms with E-state index in [9.17, 15) is 15.3 Å². The van der Waals surface area contributed by atoms with Gasteiger partial charge in [-0.05, 0) is 12.1 Å². The molecule has 2 rings (SSSR count). The molecule has 1 fully saturated rings. The molecule has 1 aliphatic heterocycles. The lowest BCUT2D eigenvalue weighted by molar-refractivity contribution is -0.277. The van der Waals surface area contributed by atoms with Crippen molar-refractivity contribution in [3.63, 3.8) is 0 Å². The van der Waals surface area contributed by atoms with Gasteiger partial charge >= 0.3 is 0 Å². The van der Waals surface area contributed by atoms with E-state index in [4.69, 9.17) is 20.3 Å². The van der Waals surface area contributed by atoms with Crippen molar-refractivity contribution in [1.82, 2.24) is 0 Å². The maximum atomic E-state index is 9.79. The summed E-state index contributed by atoms with van der Waals surface area (Å²) in [6.45, 7) is -0.505. The molecular formula is C12H17NO6. The maximum absolute atomic E-state index is 9.79. The Morgan fingerprint density at radius 3 is 2.42 bits per heavy atom. The molecule has 0 spiro atoms. The largest absolute Gasteiger partial charge is 0.460 e. The number of para-hydroxylation sites is 2. The second-order valence-corrected chi connectivity index (χ2v) is 4.35. The van der Waals surface area contributed by atoms with Gasteiger partial charge in [-0.25, -0.2) is 0 Å². The molecule has 1 saturated heterocycles. The van der Waals surface area contributed by atoms with Gasteiger partial charge in [0.25, 0.3) is 0 Å². The second kappa shape index (κ2) is 5.72. The van der Waals surface area contributed by atoms with E-state index in [1.807, 2.05) is 0 Å². The molecule has 1 aromatic rings. The molecule has 0 bridgehead atoms. The number of rotatable bonds is 3. The van der Waals surface area contributed by atoms with Crippen LogP contribution in [-0.2, 0) is 4.74 Å². The van der Waals surface area contributed by atoms with Crippen molar-refractivity contribution in [3.05, 3.63) is 24.3 Å².